The van der Waals surface area contributed by atoms with Crippen molar-refractivity contribution >= 4 is 27.6 Å². The predicted molar refractivity (Wildman–Crippen MR) is 106 cm³/mol. The standard InChI is InChI=1S/C20H24N4O2S/c1-2-6-18-17(5-1)22-19(26-18)15-4-3-7-23(13-15)14-16-12-21-20(27-16)24-8-10-25-11-9-24/h1-2,5-6,12,15H,3-4,7-11,13-14H2. The van der Waals surface area contributed by atoms with E-state index in [-0.39, 0.29) is 0 Å². The molecule has 0 N–H and O–H groups in total. The van der Waals surface area contributed by atoms with Gasteiger partial charge in [0.1, 0.15) is 5.52 Å². The Morgan fingerprint density at radius 1 is 1.15 bits per heavy atom. The van der Waals surface area contributed by atoms with Crippen LogP contribution in [0.4, 0.5) is 5.13 Å². The van der Waals surface area contributed by atoms with Gasteiger partial charge in [-0.1, -0.05) is 12.1 Å². The molecule has 0 radical (unpaired) electrons. The molecule has 2 aliphatic rings. The van der Waals surface area contributed by atoms with Crippen LogP contribution >= 0.6 is 11.3 Å². The van der Waals surface area contributed by atoms with E-state index in [0.29, 0.717) is 5.92 Å². The fourth-order valence-electron chi connectivity index (χ4n) is 3.96. The van der Waals surface area contributed by atoms with Crippen molar-refractivity contribution in [1.82, 2.24) is 14.9 Å². The third kappa shape index (κ3) is 3.72. The van der Waals surface area contributed by atoms with Crippen LogP contribution in [0.15, 0.2) is 34.9 Å². The average molecular weight is 385 g/mol. The number of fused-ring (bicyclic) bond motifs is 1. The molecule has 0 saturated carbocycles. The zero-order valence-corrected chi connectivity index (χ0v) is 16.2. The van der Waals surface area contributed by atoms with Crippen molar-refractivity contribution in [1.29, 1.82) is 0 Å². The molecular formula is C20H24N4O2S. The zero-order valence-electron chi connectivity index (χ0n) is 15.3. The van der Waals surface area contributed by atoms with Gasteiger partial charge >= 0.3 is 0 Å². The van der Waals surface area contributed by atoms with E-state index < -0.39 is 0 Å². The Morgan fingerprint density at radius 2 is 2.04 bits per heavy atom. The average Bonchev–Trinajstić information content (AvgIpc) is 3.36. The number of hydrogen-bond acceptors (Lipinski definition) is 7. The first kappa shape index (κ1) is 17.2. The molecular weight excluding hydrogens is 360 g/mol. The molecule has 2 aromatic heterocycles. The summed E-state index contributed by atoms with van der Waals surface area (Å²) in [6.45, 7) is 6.56. The molecule has 0 bridgehead atoms. The van der Waals surface area contributed by atoms with Crippen LogP contribution in [0.2, 0.25) is 0 Å². The number of para-hydroxylation sites is 2. The van der Waals surface area contributed by atoms with E-state index in [1.165, 1.54) is 11.3 Å². The molecule has 4 heterocycles. The maximum absolute atomic E-state index is 6.02. The summed E-state index contributed by atoms with van der Waals surface area (Å²) in [6, 6.07) is 8.03. The summed E-state index contributed by atoms with van der Waals surface area (Å²) in [7, 11) is 0. The van der Waals surface area contributed by atoms with Gasteiger partial charge in [0, 0.05) is 43.2 Å². The van der Waals surface area contributed by atoms with Gasteiger partial charge in [0.2, 0.25) is 0 Å². The van der Waals surface area contributed by atoms with E-state index in [1.54, 1.807) is 0 Å². The van der Waals surface area contributed by atoms with Crippen LogP contribution < -0.4 is 4.90 Å². The molecule has 1 unspecified atom stereocenters. The number of benzene rings is 1. The van der Waals surface area contributed by atoms with Crippen LogP contribution in [0.25, 0.3) is 11.1 Å². The number of morpholine rings is 1. The van der Waals surface area contributed by atoms with Crippen molar-refractivity contribution in [3.63, 3.8) is 0 Å². The Morgan fingerprint density at radius 3 is 2.93 bits per heavy atom. The fourth-order valence-corrected chi connectivity index (χ4v) is 4.96. The number of oxazole rings is 1. The molecule has 0 spiro atoms. The van der Waals surface area contributed by atoms with Crippen molar-refractivity contribution in [3.8, 4) is 0 Å². The molecule has 0 amide bonds. The van der Waals surface area contributed by atoms with Crippen LogP contribution in [-0.4, -0.2) is 54.3 Å². The molecule has 1 aromatic carbocycles. The molecule has 142 valence electrons. The minimum absolute atomic E-state index is 0.373. The summed E-state index contributed by atoms with van der Waals surface area (Å²) in [5.74, 6) is 1.26. The number of likely N-dealkylation sites (tertiary alicyclic amines) is 1. The Kier molecular flexibility index (Phi) is 4.82. The third-order valence-electron chi connectivity index (χ3n) is 5.37. The second kappa shape index (κ2) is 7.58. The van der Waals surface area contributed by atoms with Crippen LogP contribution in [0.5, 0.6) is 0 Å². The Bertz CT molecular complexity index is 869. The first-order valence-electron chi connectivity index (χ1n) is 9.70. The molecule has 7 heteroatoms. The molecule has 6 nitrogen and oxygen atoms in total. The van der Waals surface area contributed by atoms with Gasteiger partial charge in [-0.3, -0.25) is 4.90 Å². The van der Waals surface area contributed by atoms with Gasteiger partial charge < -0.3 is 14.1 Å². The minimum Gasteiger partial charge on any atom is -0.440 e. The number of aromatic nitrogens is 2. The summed E-state index contributed by atoms with van der Waals surface area (Å²) in [6.07, 6.45) is 4.36. The first-order chi connectivity index (χ1) is 13.3. The van der Waals surface area contributed by atoms with E-state index in [2.05, 4.69) is 14.8 Å². The highest BCUT2D eigenvalue weighted by Gasteiger charge is 2.26. The number of ether oxygens (including phenoxy) is 1. The normalized spacial score (nSPS) is 21.8. The number of nitrogens with zero attached hydrogens (tertiary/aromatic N) is 4. The van der Waals surface area contributed by atoms with E-state index in [9.17, 15) is 0 Å². The Labute approximate surface area is 162 Å². The zero-order chi connectivity index (χ0) is 18.1. The number of anilines is 1. The van der Waals surface area contributed by atoms with Gasteiger partial charge in [-0.25, -0.2) is 9.97 Å². The molecule has 2 saturated heterocycles. The largest absolute Gasteiger partial charge is 0.440 e. The quantitative estimate of drug-likeness (QED) is 0.686. The van der Waals surface area contributed by atoms with E-state index in [1.807, 2.05) is 41.8 Å². The van der Waals surface area contributed by atoms with Crippen molar-refractivity contribution in [3.05, 3.63) is 41.2 Å². The maximum atomic E-state index is 6.02. The van der Waals surface area contributed by atoms with Gasteiger partial charge in [0.15, 0.2) is 16.6 Å². The van der Waals surface area contributed by atoms with Crippen molar-refractivity contribution in [2.45, 2.75) is 25.3 Å². The predicted octanol–water partition coefficient (Wildman–Crippen LogP) is 3.50. The lowest BCUT2D eigenvalue weighted by Gasteiger charge is -2.30. The molecule has 0 aliphatic carbocycles. The van der Waals surface area contributed by atoms with Gasteiger partial charge in [-0.05, 0) is 31.5 Å². The summed E-state index contributed by atoms with van der Waals surface area (Å²) in [5, 5.41) is 1.13. The molecule has 27 heavy (non-hydrogen) atoms. The highest BCUT2D eigenvalue weighted by Crippen LogP contribution is 2.31. The lowest BCUT2D eigenvalue weighted by molar-refractivity contribution is 0.122. The van der Waals surface area contributed by atoms with Crippen LogP contribution in [-0.2, 0) is 11.3 Å². The van der Waals surface area contributed by atoms with Crippen molar-refractivity contribution in [2.75, 3.05) is 44.3 Å². The highest BCUT2D eigenvalue weighted by atomic mass is 32.1. The number of piperidine rings is 1. The lowest BCUT2D eigenvalue weighted by Crippen LogP contribution is -2.36. The van der Waals surface area contributed by atoms with Crippen molar-refractivity contribution < 1.29 is 9.15 Å². The number of thiazole rings is 1. The van der Waals surface area contributed by atoms with E-state index in [0.717, 1.165) is 74.5 Å². The number of rotatable bonds is 4. The van der Waals surface area contributed by atoms with Gasteiger partial charge in [0.05, 0.1) is 13.2 Å². The molecule has 2 aliphatic heterocycles. The monoisotopic (exact) mass is 384 g/mol. The summed E-state index contributed by atoms with van der Waals surface area (Å²) in [5.41, 5.74) is 1.85. The smallest absolute Gasteiger partial charge is 0.199 e. The first-order valence-corrected chi connectivity index (χ1v) is 10.5. The van der Waals surface area contributed by atoms with Crippen LogP contribution in [0.3, 0.4) is 0 Å². The summed E-state index contributed by atoms with van der Waals surface area (Å²) in [4.78, 5) is 15.5. The third-order valence-corrected chi connectivity index (χ3v) is 6.41. The van der Waals surface area contributed by atoms with Gasteiger partial charge in [-0.15, -0.1) is 11.3 Å². The van der Waals surface area contributed by atoms with Crippen LogP contribution in [0.1, 0.15) is 29.5 Å². The van der Waals surface area contributed by atoms with Gasteiger partial charge in [0.25, 0.3) is 0 Å². The van der Waals surface area contributed by atoms with E-state index in [4.69, 9.17) is 14.1 Å². The lowest BCUT2D eigenvalue weighted by atomic mass is 9.98. The molecule has 3 aromatic rings. The van der Waals surface area contributed by atoms with E-state index >= 15 is 0 Å². The van der Waals surface area contributed by atoms with Crippen molar-refractivity contribution in [2.24, 2.45) is 0 Å². The topological polar surface area (TPSA) is 54.6 Å². The second-order valence-corrected chi connectivity index (χ2v) is 8.40. The van der Waals surface area contributed by atoms with Crippen LogP contribution in [0, 0.1) is 0 Å². The Hall–Kier alpha value is -1.96. The Balaban J connectivity index is 1.25. The maximum Gasteiger partial charge on any atom is 0.199 e. The fraction of sp³-hybridized carbons (Fsp3) is 0.500. The molecule has 5 rings (SSSR count). The minimum atomic E-state index is 0.373. The summed E-state index contributed by atoms with van der Waals surface area (Å²) < 4.78 is 11.5. The summed E-state index contributed by atoms with van der Waals surface area (Å²) >= 11 is 1.81. The highest BCUT2D eigenvalue weighted by molar-refractivity contribution is 7.15. The molecule has 1 atom stereocenters. The number of hydrogen-bond donors (Lipinski definition) is 0. The second-order valence-electron chi connectivity index (χ2n) is 7.30. The SMILES string of the molecule is c1ccc2oc(C3CCCN(Cc4cnc(N5CCOCC5)s4)C3)nc2c1. The molecule has 2 fully saturated rings. The van der Waals surface area contributed by atoms with Gasteiger partial charge in [-0.2, -0.15) is 0 Å².